The lowest BCUT2D eigenvalue weighted by atomic mass is 10.1. The average molecular weight is 555 g/mol. The van der Waals surface area contributed by atoms with Crippen molar-refractivity contribution in [2.24, 2.45) is 0 Å². The molecule has 0 aliphatic carbocycles. The smallest absolute Gasteiger partial charge is 0.262 e. The van der Waals surface area contributed by atoms with Crippen molar-refractivity contribution < 1.29 is 24.5 Å². The summed E-state index contributed by atoms with van der Waals surface area (Å²) in [7, 11) is 0. The number of hydrogen-bond acceptors (Lipinski definition) is 8. The van der Waals surface area contributed by atoms with E-state index in [-0.39, 0.29) is 23.6 Å². The molecule has 9 heteroatoms. The Morgan fingerprint density at radius 3 is 2.44 bits per heavy atom. The number of benzene rings is 3. The number of hydrogen-bond donors (Lipinski definition) is 2. The third kappa shape index (κ3) is 7.00. The molecule has 2 heterocycles. The molecule has 9 nitrogen and oxygen atoms in total. The molecule has 41 heavy (non-hydrogen) atoms. The Morgan fingerprint density at radius 1 is 1.00 bits per heavy atom. The van der Waals surface area contributed by atoms with Gasteiger partial charge in [0, 0.05) is 43.1 Å². The third-order valence-electron chi connectivity index (χ3n) is 7.05. The highest BCUT2D eigenvalue weighted by Gasteiger charge is 2.22. The van der Waals surface area contributed by atoms with Crippen LogP contribution in [0.3, 0.4) is 0 Å². The van der Waals surface area contributed by atoms with Crippen molar-refractivity contribution in [3.63, 3.8) is 0 Å². The second kappa shape index (κ2) is 12.8. The Morgan fingerprint density at radius 2 is 1.73 bits per heavy atom. The first-order valence-corrected chi connectivity index (χ1v) is 13.6. The van der Waals surface area contributed by atoms with Gasteiger partial charge < -0.3 is 24.6 Å². The van der Waals surface area contributed by atoms with Crippen LogP contribution in [0.25, 0.3) is 11.3 Å². The standard InChI is InChI=1S/C32H34N4O5/c1-22-20-33-23(2)34-31(22)25-5-7-26(8-6-25)36(32(39)29-12-9-27(37)19-30(29)38)21-24-3-10-28(11-4-24)41-18-15-35-13-16-40-17-14-35/h3-12,19-20,37-38H,13-18,21H2,1-2H3. The summed E-state index contributed by atoms with van der Waals surface area (Å²) in [5.74, 6) is 0.649. The van der Waals surface area contributed by atoms with Gasteiger partial charge in [0.15, 0.2) is 0 Å². The highest BCUT2D eigenvalue weighted by molar-refractivity contribution is 6.08. The molecule has 0 radical (unpaired) electrons. The van der Waals surface area contributed by atoms with Gasteiger partial charge in [-0.3, -0.25) is 9.69 Å². The van der Waals surface area contributed by atoms with E-state index in [0.717, 1.165) is 67.0 Å². The van der Waals surface area contributed by atoms with Gasteiger partial charge in [-0.15, -0.1) is 0 Å². The van der Waals surface area contributed by atoms with Crippen LogP contribution in [0.15, 0.2) is 72.9 Å². The molecule has 1 aromatic heterocycles. The summed E-state index contributed by atoms with van der Waals surface area (Å²) in [5, 5.41) is 20.2. The number of phenolic OH excluding ortho intramolecular Hbond substituents is 2. The van der Waals surface area contributed by atoms with Crippen LogP contribution in [0.4, 0.5) is 5.69 Å². The lowest BCUT2D eigenvalue weighted by molar-refractivity contribution is 0.0322. The Bertz CT molecular complexity index is 1490. The molecular formula is C32H34N4O5. The molecule has 2 N–H and O–H groups in total. The molecule has 1 aliphatic rings. The molecule has 0 spiro atoms. The summed E-state index contributed by atoms with van der Waals surface area (Å²) in [6, 6.07) is 19.2. The fourth-order valence-corrected chi connectivity index (χ4v) is 4.74. The summed E-state index contributed by atoms with van der Waals surface area (Å²) in [6.07, 6.45) is 1.80. The van der Waals surface area contributed by atoms with E-state index in [1.807, 2.05) is 62.4 Å². The number of morpholine rings is 1. The Labute approximate surface area is 239 Å². The Hall–Kier alpha value is -4.47. The van der Waals surface area contributed by atoms with E-state index < -0.39 is 5.91 Å². The van der Waals surface area contributed by atoms with Crippen LogP contribution >= 0.6 is 0 Å². The molecule has 0 bridgehead atoms. The maximum absolute atomic E-state index is 13.7. The van der Waals surface area contributed by atoms with Gasteiger partial charge >= 0.3 is 0 Å². The number of carbonyl (C=O) groups is 1. The van der Waals surface area contributed by atoms with E-state index in [1.165, 1.54) is 12.1 Å². The first-order chi connectivity index (χ1) is 19.9. The molecule has 0 unspecified atom stereocenters. The Kier molecular flexibility index (Phi) is 8.76. The van der Waals surface area contributed by atoms with Gasteiger partial charge in [-0.05, 0) is 61.4 Å². The first kappa shape index (κ1) is 28.1. The van der Waals surface area contributed by atoms with Crippen molar-refractivity contribution in [2.45, 2.75) is 20.4 Å². The van der Waals surface area contributed by atoms with E-state index in [2.05, 4.69) is 14.9 Å². The fraction of sp³-hybridized carbons (Fsp3) is 0.281. The molecule has 0 atom stereocenters. The quantitative estimate of drug-likeness (QED) is 0.306. The predicted octanol–water partition coefficient (Wildman–Crippen LogP) is 4.73. The predicted molar refractivity (Wildman–Crippen MR) is 156 cm³/mol. The molecule has 212 valence electrons. The van der Waals surface area contributed by atoms with Crippen LogP contribution in [0.1, 0.15) is 27.3 Å². The van der Waals surface area contributed by atoms with Crippen LogP contribution in [-0.4, -0.2) is 70.4 Å². The molecular weight excluding hydrogens is 520 g/mol. The van der Waals surface area contributed by atoms with E-state index in [0.29, 0.717) is 18.1 Å². The average Bonchev–Trinajstić information content (AvgIpc) is 2.98. The summed E-state index contributed by atoms with van der Waals surface area (Å²) >= 11 is 0. The van der Waals surface area contributed by atoms with E-state index in [1.54, 1.807) is 11.1 Å². The summed E-state index contributed by atoms with van der Waals surface area (Å²) < 4.78 is 11.3. The number of ether oxygens (including phenoxy) is 2. The lowest BCUT2D eigenvalue weighted by Crippen LogP contribution is -2.38. The third-order valence-corrected chi connectivity index (χ3v) is 7.05. The highest BCUT2D eigenvalue weighted by atomic mass is 16.5. The van der Waals surface area contributed by atoms with E-state index in [9.17, 15) is 15.0 Å². The second-order valence-corrected chi connectivity index (χ2v) is 10.0. The normalized spacial score (nSPS) is 13.6. The molecule has 3 aromatic carbocycles. The molecule has 1 amide bonds. The zero-order valence-electron chi connectivity index (χ0n) is 23.3. The number of phenols is 2. The van der Waals surface area contributed by atoms with Gasteiger partial charge in [0.25, 0.3) is 5.91 Å². The monoisotopic (exact) mass is 554 g/mol. The van der Waals surface area contributed by atoms with Crippen molar-refractivity contribution >= 4 is 11.6 Å². The zero-order valence-corrected chi connectivity index (χ0v) is 23.3. The number of aromatic nitrogens is 2. The minimum absolute atomic E-state index is 0.0946. The van der Waals surface area contributed by atoms with E-state index >= 15 is 0 Å². The summed E-state index contributed by atoms with van der Waals surface area (Å²) in [5.41, 5.74) is 4.34. The minimum Gasteiger partial charge on any atom is -0.508 e. The number of nitrogens with zero attached hydrogens (tertiary/aromatic N) is 4. The molecule has 1 saturated heterocycles. The lowest BCUT2D eigenvalue weighted by Gasteiger charge is -2.26. The van der Waals surface area contributed by atoms with Gasteiger partial charge in [-0.2, -0.15) is 0 Å². The number of aromatic hydroxyl groups is 2. The van der Waals surface area contributed by atoms with Crippen molar-refractivity contribution in [1.29, 1.82) is 0 Å². The van der Waals surface area contributed by atoms with Crippen molar-refractivity contribution in [3.8, 4) is 28.5 Å². The number of rotatable bonds is 9. The molecule has 0 saturated carbocycles. The van der Waals surface area contributed by atoms with Gasteiger partial charge in [0.1, 0.15) is 29.7 Å². The zero-order chi connectivity index (χ0) is 28.8. The second-order valence-electron chi connectivity index (χ2n) is 10.0. The van der Waals surface area contributed by atoms with Crippen molar-refractivity contribution in [2.75, 3.05) is 44.4 Å². The first-order valence-electron chi connectivity index (χ1n) is 13.6. The fourth-order valence-electron chi connectivity index (χ4n) is 4.74. The van der Waals surface area contributed by atoms with Crippen LogP contribution in [0, 0.1) is 13.8 Å². The van der Waals surface area contributed by atoms with Crippen LogP contribution in [0.5, 0.6) is 17.2 Å². The van der Waals surface area contributed by atoms with Crippen LogP contribution in [-0.2, 0) is 11.3 Å². The van der Waals surface area contributed by atoms with Crippen molar-refractivity contribution in [3.05, 3.63) is 95.4 Å². The molecule has 1 fully saturated rings. The maximum atomic E-state index is 13.7. The van der Waals surface area contributed by atoms with Gasteiger partial charge in [-0.1, -0.05) is 24.3 Å². The molecule has 5 rings (SSSR count). The van der Waals surface area contributed by atoms with E-state index in [4.69, 9.17) is 9.47 Å². The van der Waals surface area contributed by atoms with Crippen molar-refractivity contribution in [1.82, 2.24) is 14.9 Å². The summed E-state index contributed by atoms with van der Waals surface area (Å²) in [4.78, 5) is 26.5. The number of aryl methyl sites for hydroxylation is 2. The van der Waals surface area contributed by atoms with Gasteiger partial charge in [-0.25, -0.2) is 9.97 Å². The molecule has 4 aromatic rings. The topological polar surface area (TPSA) is 108 Å². The number of carbonyl (C=O) groups excluding carboxylic acids is 1. The summed E-state index contributed by atoms with van der Waals surface area (Å²) in [6.45, 7) is 8.85. The number of amides is 1. The molecule has 1 aliphatic heterocycles. The SMILES string of the molecule is Cc1ncc(C)c(-c2ccc(N(Cc3ccc(OCCN4CCOCC4)cc3)C(=O)c3ccc(O)cc3O)cc2)n1. The Balaban J connectivity index is 1.35. The highest BCUT2D eigenvalue weighted by Crippen LogP contribution is 2.30. The van der Waals surface area contributed by atoms with Gasteiger partial charge in [0.2, 0.25) is 0 Å². The minimum atomic E-state index is -0.393. The number of anilines is 1. The van der Waals surface area contributed by atoms with Crippen LogP contribution in [0.2, 0.25) is 0 Å². The maximum Gasteiger partial charge on any atom is 0.262 e. The van der Waals surface area contributed by atoms with Crippen LogP contribution < -0.4 is 9.64 Å². The largest absolute Gasteiger partial charge is 0.508 e. The van der Waals surface area contributed by atoms with Gasteiger partial charge in [0.05, 0.1) is 31.0 Å².